The molecular weight excluding hydrogens is 233 g/mol. The molecule has 0 spiro atoms. The van der Waals surface area contributed by atoms with Crippen LogP contribution in [0.25, 0.3) is 0 Å². The molecule has 0 aliphatic rings. The van der Waals surface area contributed by atoms with Gasteiger partial charge in [0, 0.05) is 5.56 Å². The molecule has 0 unspecified atom stereocenters. The molecule has 88 valence electrons. The summed E-state index contributed by atoms with van der Waals surface area (Å²) in [5.41, 5.74) is 0.461. The van der Waals surface area contributed by atoms with E-state index in [0.717, 1.165) is 0 Å². The standard InChI is InChI=1S/C10H12FNO3S/c11-9-4-2-1-3-8(9)7-14-6-5-10(13)15-12-16/h1-4,12,16H,5-7H2. The van der Waals surface area contributed by atoms with Crippen LogP contribution in [0.2, 0.25) is 0 Å². The van der Waals surface area contributed by atoms with Crippen molar-refractivity contribution in [1.82, 2.24) is 4.89 Å². The average molecular weight is 245 g/mol. The van der Waals surface area contributed by atoms with Crippen LogP contribution in [0.3, 0.4) is 0 Å². The zero-order valence-corrected chi connectivity index (χ0v) is 9.38. The Morgan fingerprint density at radius 3 is 2.88 bits per heavy atom. The van der Waals surface area contributed by atoms with Crippen LogP contribution in [-0.4, -0.2) is 12.6 Å². The van der Waals surface area contributed by atoms with Crippen molar-refractivity contribution in [3.8, 4) is 0 Å². The van der Waals surface area contributed by atoms with Crippen molar-refractivity contribution < 1.29 is 18.8 Å². The molecule has 0 fully saturated rings. The van der Waals surface area contributed by atoms with Crippen LogP contribution in [0.5, 0.6) is 0 Å². The molecule has 0 bridgehead atoms. The Kier molecular flexibility index (Phi) is 5.84. The summed E-state index contributed by atoms with van der Waals surface area (Å²) in [5.74, 6) is -0.800. The van der Waals surface area contributed by atoms with Gasteiger partial charge >= 0.3 is 5.97 Å². The highest BCUT2D eigenvalue weighted by Gasteiger charge is 2.03. The van der Waals surface area contributed by atoms with Crippen molar-refractivity contribution in [3.63, 3.8) is 0 Å². The lowest BCUT2D eigenvalue weighted by Crippen LogP contribution is -2.13. The van der Waals surface area contributed by atoms with Gasteiger partial charge in [-0.25, -0.2) is 4.39 Å². The normalized spacial score (nSPS) is 10.1. The van der Waals surface area contributed by atoms with E-state index in [-0.39, 0.29) is 25.5 Å². The van der Waals surface area contributed by atoms with Crippen molar-refractivity contribution in [2.75, 3.05) is 6.61 Å². The Bertz CT molecular complexity index is 349. The number of carbonyl (C=O) groups is 1. The number of ether oxygens (including phenoxy) is 1. The van der Waals surface area contributed by atoms with Gasteiger partial charge in [0.2, 0.25) is 0 Å². The van der Waals surface area contributed by atoms with Crippen molar-refractivity contribution >= 4 is 18.8 Å². The van der Waals surface area contributed by atoms with E-state index in [1.54, 1.807) is 18.2 Å². The average Bonchev–Trinajstić information content (AvgIpc) is 2.27. The summed E-state index contributed by atoms with van der Waals surface area (Å²) < 4.78 is 18.2. The van der Waals surface area contributed by atoms with Crippen LogP contribution in [0, 0.1) is 5.82 Å². The van der Waals surface area contributed by atoms with E-state index in [9.17, 15) is 9.18 Å². The quantitative estimate of drug-likeness (QED) is 0.454. The number of rotatable bonds is 6. The zero-order valence-electron chi connectivity index (χ0n) is 8.48. The molecule has 0 radical (unpaired) electrons. The number of hydrogen-bond donors (Lipinski definition) is 2. The summed E-state index contributed by atoms with van der Waals surface area (Å²) in [6, 6.07) is 6.32. The summed E-state index contributed by atoms with van der Waals surface area (Å²) in [5, 5.41) is 0. The van der Waals surface area contributed by atoms with Crippen LogP contribution in [0.15, 0.2) is 24.3 Å². The molecule has 0 amide bonds. The number of carbonyl (C=O) groups excluding carboxylic acids is 1. The van der Waals surface area contributed by atoms with E-state index in [4.69, 9.17) is 4.74 Å². The highest BCUT2D eigenvalue weighted by atomic mass is 32.1. The molecule has 0 aromatic heterocycles. The summed E-state index contributed by atoms with van der Waals surface area (Å²) >= 11 is 3.49. The lowest BCUT2D eigenvalue weighted by molar-refractivity contribution is -0.147. The first-order valence-corrected chi connectivity index (χ1v) is 5.08. The number of nitrogens with one attached hydrogen (secondary N) is 1. The molecule has 4 nitrogen and oxygen atoms in total. The first kappa shape index (κ1) is 13.0. The van der Waals surface area contributed by atoms with Crippen LogP contribution in [-0.2, 0) is 21.0 Å². The molecule has 1 rings (SSSR count). The second-order valence-electron chi connectivity index (χ2n) is 2.96. The van der Waals surface area contributed by atoms with E-state index in [2.05, 4.69) is 17.7 Å². The van der Waals surface area contributed by atoms with E-state index in [1.165, 1.54) is 6.07 Å². The van der Waals surface area contributed by atoms with Gasteiger partial charge in [-0.2, -0.15) is 0 Å². The topological polar surface area (TPSA) is 47.6 Å². The predicted octanol–water partition coefficient (Wildman–Crippen LogP) is 1.62. The van der Waals surface area contributed by atoms with Gasteiger partial charge in [0.05, 0.1) is 19.6 Å². The lowest BCUT2D eigenvalue weighted by atomic mass is 10.2. The Morgan fingerprint density at radius 1 is 1.44 bits per heavy atom. The van der Waals surface area contributed by atoms with Crippen LogP contribution >= 0.6 is 12.8 Å². The maximum Gasteiger partial charge on any atom is 0.328 e. The molecule has 16 heavy (non-hydrogen) atoms. The molecule has 0 saturated heterocycles. The van der Waals surface area contributed by atoms with Gasteiger partial charge in [-0.1, -0.05) is 35.9 Å². The Labute approximate surface area is 98.2 Å². The van der Waals surface area contributed by atoms with Gasteiger partial charge in [0.15, 0.2) is 0 Å². The SMILES string of the molecule is O=C(CCOCc1ccccc1F)ONS. The largest absolute Gasteiger partial charge is 0.376 e. The van der Waals surface area contributed by atoms with E-state index >= 15 is 0 Å². The summed E-state index contributed by atoms with van der Waals surface area (Å²) in [4.78, 5) is 17.1. The van der Waals surface area contributed by atoms with Crippen molar-refractivity contribution in [3.05, 3.63) is 35.6 Å². The summed E-state index contributed by atoms with van der Waals surface area (Å²) in [7, 11) is 0. The summed E-state index contributed by atoms with van der Waals surface area (Å²) in [6.45, 7) is 0.302. The fourth-order valence-corrected chi connectivity index (χ4v) is 1.16. The highest BCUT2D eigenvalue weighted by Crippen LogP contribution is 2.07. The van der Waals surface area contributed by atoms with Crippen LogP contribution in [0.1, 0.15) is 12.0 Å². The van der Waals surface area contributed by atoms with Crippen molar-refractivity contribution in [1.29, 1.82) is 0 Å². The molecule has 1 aromatic rings. The minimum atomic E-state index is -0.483. The van der Waals surface area contributed by atoms with Crippen molar-refractivity contribution in [2.45, 2.75) is 13.0 Å². The fraction of sp³-hybridized carbons (Fsp3) is 0.300. The third-order valence-electron chi connectivity index (χ3n) is 1.83. The third kappa shape index (κ3) is 4.61. The predicted molar refractivity (Wildman–Crippen MR) is 58.9 cm³/mol. The van der Waals surface area contributed by atoms with Gasteiger partial charge in [-0.05, 0) is 6.07 Å². The van der Waals surface area contributed by atoms with Gasteiger partial charge < -0.3 is 9.57 Å². The minimum absolute atomic E-state index is 0.0853. The second kappa shape index (κ2) is 7.21. The zero-order chi connectivity index (χ0) is 11.8. The molecule has 0 aliphatic heterocycles. The Balaban J connectivity index is 2.21. The number of benzene rings is 1. The lowest BCUT2D eigenvalue weighted by Gasteiger charge is -2.04. The second-order valence-corrected chi connectivity index (χ2v) is 3.14. The van der Waals surface area contributed by atoms with Gasteiger partial charge in [0.1, 0.15) is 5.82 Å². The highest BCUT2D eigenvalue weighted by molar-refractivity contribution is 7.77. The van der Waals surface area contributed by atoms with E-state index < -0.39 is 5.97 Å². The number of hydrogen-bond acceptors (Lipinski definition) is 5. The monoisotopic (exact) mass is 245 g/mol. The Hall–Kier alpha value is -1.11. The van der Waals surface area contributed by atoms with Crippen LogP contribution < -0.4 is 4.89 Å². The summed E-state index contributed by atoms with van der Waals surface area (Å²) in [6.07, 6.45) is 0.0853. The maximum atomic E-state index is 13.1. The van der Waals surface area contributed by atoms with Crippen molar-refractivity contribution in [2.24, 2.45) is 0 Å². The molecule has 0 saturated carbocycles. The van der Waals surface area contributed by atoms with Gasteiger partial charge in [0.25, 0.3) is 0 Å². The first-order valence-electron chi connectivity index (χ1n) is 4.64. The van der Waals surface area contributed by atoms with E-state index in [1.807, 2.05) is 4.89 Å². The van der Waals surface area contributed by atoms with E-state index in [0.29, 0.717) is 5.56 Å². The van der Waals surface area contributed by atoms with Crippen LogP contribution in [0.4, 0.5) is 4.39 Å². The molecule has 6 heteroatoms. The minimum Gasteiger partial charge on any atom is -0.376 e. The first-order chi connectivity index (χ1) is 7.74. The number of halogens is 1. The molecule has 1 N–H and O–H groups in total. The van der Waals surface area contributed by atoms with Gasteiger partial charge in [-0.15, -0.1) is 0 Å². The molecule has 0 heterocycles. The van der Waals surface area contributed by atoms with Gasteiger partial charge in [-0.3, -0.25) is 4.79 Å². The molecule has 1 aromatic carbocycles. The molecular formula is C10H12FNO3S. The maximum absolute atomic E-state index is 13.1. The Morgan fingerprint density at radius 2 is 2.19 bits per heavy atom. The molecule has 0 atom stereocenters. The fourth-order valence-electron chi connectivity index (χ4n) is 1.06. The number of thiol groups is 1. The molecule has 0 aliphatic carbocycles. The third-order valence-corrected chi connectivity index (χ3v) is 1.92. The smallest absolute Gasteiger partial charge is 0.328 e.